The minimum Gasteiger partial charge on any atom is -0.354 e. The van der Waals surface area contributed by atoms with Gasteiger partial charge in [0.2, 0.25) is 5.91 Å². The molecule has 1 rings (SSSR count). The molecule has 0 saturated heterocycles. The summed E-state index contributed by atoms with van der Waals surface area (Å²) in [5.74, 6) is 1.13. The van der Waals surface area contributed by atoms with E-state index in [0.717, 1.165) is 6.42 Å². The SMILES string of the molecule is CC(C)NC(=O)[C@H]1CCCC1C. The number of nitrogens with one attached hydrogen (secondary N) is 1. The van der Waals surface area contributed by atoms with E-state index in [1.807, 2.05) is 13.8 Å². The van der Waals surface area contributed by atoms with Crippen LogP contribution in [-0.4, -0.2) is 11.9 Å². The van der Waals surface area contributed by atoms with Gasteiger partial charge in [0.25, 0.3) is 0 Å². The summed E-state index contributed by atoms with van der Waals surface area (Å²) in [4.78, 5) is 11.6. The molecule has 0 bridgehead atoms. The van der Waals surface area contributed by atoms with Gasteiger partial charge in [-0.25, -0.2) is 0 Å². The molecule has 12 heavy (non-hydrogen) atoms. The summed E-state index contributed by atoms with van der Waals surface area (Å²) in [6.07, 6.45) is 3.52. The lowest BCUT2D eigenvalue weighted by Gasteiger charge is -2.16. The van der Waals surface area contributed by atoms with Crippen LogP contribution >= 0.6 is 0 Å². The highest BCUT2D eigenvalue weighted by Crippen LogP contribution is 2.31. The van der Waals surface area contributed by atoms with Crippen LogP contribution in [0.2, 0.25) is 0 Å². The van der Waals surface area contributed by atoms with E-state index in [9.17, 15) is 4.79 Å². The minimum atomic E-state index is 0.259. The summed E-state index contributed by atoms with van der Waals surface area (Å²) in [6, 6.07) is 0.283. The Hall–Kier alpha value is -0.530. The first-order valence-corrected chi connectivity index (χ1v) is 4.91. The molecule has 1 saturated carbocycles. The number of hydrogen-bond acceptors (Lipinski definition) is 1. The highest BCUT2D eigenvalue weighted by molar-refractivity contribution is 5.79. The maximum atomic E-state index is 11.6. The van der Waals surface area contributed by atoms with Crippen LogP contribution in [0.1, 0.15) is 40.0 Å². The van der Waals surface area contributed by atoms with Gasteiger partial charge in [0.15, 0.2) is 0 Å². The third-order valence-electron chi connectivity index (χ3n) is 2.63. The molecule has 0 aromatic rings. The standard InChI is InChI=1S/C10H19NO/c1-7(2)11-10(12)9-6-4-5-8(9)3/h7-9H,4-6H2,1-3H3,(H,11,12)/t8?,9-/m0/s1. The monoisotopic (exact) mass is 169 g/mol. The molecule has 1 unspecified atom stereocenters. The Morgan fingerprint density at radius 1 is 1.42 bits per heavy atom. The van der Waals surface area contributed by atoms with Gasteiger partial charge in [0.05, 0.1) is 0 Å². The molecule has 0 radical (unpaired) electrons. The van der Waals surface area contributed by atoms with Gasteiger partial charge in [-0.1, -0.05) is 13.3 Å². The predicted molar refractivity (Wildman–Crippen MR) is 49.8 cm³/mol. The van der Waals surface area contributed by atoms with Crippen LogP contribution in [0, 0.1) is 11.8 Å². The van der Waals surface area contributed by atoms with E-state index in [-0.39, 0.29) is 17.9 Å². The molecule has 0 aromatic heterocycles. The number of hydrogen-bond donors (Lipinski definition) is 1. The number of carbonyl (C=O) groups excluding carboxylic acids is 1. The summed E-state index contributed by atoms with van der Waals surface area (Å²) in [7, 11) is 0. The van der Waals surface area contributed by atoms with Crippen LogP contribution in [0.25, 0.3) is 0 Å². The third-order valence-corrected chi connectivity index (χ3v) is 2.63. The van der Waals surface area contributed by atoms with Gasteiger partial charge in [-0.3, -0.25) is 4.79 Å². The molecule has 0 aromatic carbocycles. The molecule has 1 aliphatic carbocycles. The molecule has 0 aliphatic heterocycles. The highest BCUT2D eigenvalue weighted by Gasteiger charge is 2.29. The van der Waals surface area contributed by atoms with Crippen molar-refractivity contribution in [1.82, 2.24) is 5.32 Å². The second-order valence-corrected chi connectivity index (χ2v) is 4.18. The average Bonchev–Trinajstić information content (AvgIpc) is 2.33. The van der Waals surface area contributed by atoms with Gasteiger partial charge in [-0.15, -0.1) is 0 Å². The van der Waals surface area contributed by atoms with Crippen molar-refractivity contribution in [2.75, 3.05) is 0 Å². The van der Waals surface area contributed by atoms with E-state index in [2.05, 4.69) is 12.2 Å². The molecule has 2 nitrogen and oxygen atoms in total. The number of carbonyl (C=O) groups is 1. The van der Waals surface area contributed by atoms with Crippen molar-refractivity contribution < 1.29 is 4.79 Å². The van der Waals surface area contributed by atoms with Crippen molar-refractivity contribution >= 4 is 5.91 Å². The van der Waals surface area contributed by atoms with E-state index in [1.165, 1.54) is 12.8 Å². The van der Waals surface area contributed by atoms with Crippen molar-refractivity contribution in [2.24, 2.45) is 11.8 Å². The Morgan fingerprint density at radius 3 is 2.50 bits per heavy atom. The minimum absolute atomic E-state index is 0.259. The molecule has 1 N–H and O–H groups in total. The molecule has 70 valence electrons. The Kier molecular flexibility index (Phi) is 3.12. The van der Waals surface area contributed by atoms with Crippen molar-refractivity contribution in [1.29, 1.82) is 0 Å². The van der Waals surface area contributed by atoms with Crippen molar-refractivity contribution in [2.45, 2.75) is 46.1 Å². The zero-order valence-electron chi connectivity index (χ0n) is 8.26. The summed E-state index contributed by atoms with van der Waals surface area (Å²) >= 11 is 0. The van der Waals surface area contributed by atoms with Gasteiger partial charge in [0.1, 0.15) is 0 Å². The normalized spacial score (nSPS) is 29.3. The van der Waals surface area contributed by atoms with Crippen LogP contribution in [0.3, 0.4) is 0 Å². The number of amides is 1. The first-order chi connectivity index (χ1) is 5.61. The van der Waals surface area contributed by atoms with E-state index < -0.39 is 0 Å². The Bertz CT molecular complexity index is 165. The fourth-order valence-corrected chi connectivity index (χ4v) is 1.93. The first kappa shape index (κ1) is 9.56. The lowest BCUT2D eigenvalue weighted by atomic mass is 9.97. The Balaban J connectivity index is 2.41. The van der Waals surface area contributed by atoms with E-state index >= 15 is 0 Å². The molecule has 1 amide bonds. The largest absolute Gasteiger partial charge is 0.354 e. The Labute approximate surface area is 74.7 Å². The summed E-state index contributed by atoms with van der Waals surface area (Å²) < 4.78 is 0. The second kappa shape index (κ2) is 3.92. The maximum absolute atomic E-state index is 11.6. The summed E-state index contributed by atoms with van der Waals surface area (Å²) in [5, 5.41) is 2.98. The van der Waals surface area contributed by atoms with Crippen LogP contribution in [0.5, 0.6) is 0 Å². The fraction of sp³-hybridized carbons (Fsp3) is 0.900. The van der Waals surface area contributed by atoms with Crippen LogP contribution in [0.4, 0.5) is 0 Å². The average molecular weight is 169 g/mol. The molecule has 0 heterocycles. The zero-order valence-corrected chi connectivity index (χ0v) is 8.26. The first-order valence-electron chi connectivity index (χ1n) is 4.91. The highest BCUT2D eigenvalue weighted by atomic mass is 16.1. The van der Waals surface area contributed by atoms with Crippen molar-refractivity contribution in [3.05, 3.63) is 0 Å². The molecule has 0 spiro atoms. The molecule has 2 heteroatoms. The predicted octanol–water partition coefficient (Wildman–Crippen LogP) is 1.95. The fourth-order valence-electron chi connectivity index (χ4n) is 1.93. The third kappa shape index (κ3) is 2.23. The maximum Gasteiger partial charge on any atom is 0.223 e. The molecular formula is C10H19NO. The van der Waals surface area contributed by atoms with Crippen LogP contribution in [0.15, 0.2) is 0 Å². The van der Waals surface area contributed by atoms with E-state index in [1.54, 1.807) is 0 Å². The van der Waals surface area contributed by atoms with Gasteiger partial charge in [0, 0.05) is 12.0 Å². The lowest BCUT2D eigenvalue weighted by Crippen LogP contribution is -2.36. The van der Waals surface area contributed by atoms with Crippen LogP contribution < -0.4 is 5.32 Å². The summed E-state index contributed by atoms with van der Waals surface area (Å²) in [5.41, 5.74) is 0. The van der Waals surface area contributed by atoms with Gasteiger partial charge >= 0.3 is 0 Å². The van der Waals surface area contributed by atoms with Crippen molar-refractivity contribution in [3.8, 4) is 0 Å². The molecule has 1 aliphatic rings. The number of rotatable bonds is 2. The van der Waals surface area contributed by atoms with E-state index in [0.29, 0.717) is 5.92 Å². The quantitative estimate of drug-likeness (QED) is 0.672. The molecule has 2 atom stereocenters. The molecule has 1 fully saturated rings. The van der Waals surface area contributed by atoms with Crippen molar-refractivity contribution in [3.63, 3.8) is 0 Å². The topological polar surface area (TPSA) is 29.1 Å². The zero-order chi connectivity index (χ0) is 9.14. The van der Waals surface area contributed by atoms with Crippen LogP contribution in [-0.2, 0) is 4.79 Å². The van der Waals surface area contributed by atoms with E-state index in [4.69, 9.17) is 0 Å². The molecular weight excluding hydrogens is 150 g/mol. The summed E-state index contributed by atoms with van der Waals surface area (Å²) in [6.45, 7) is 6.20. The van der Waals surface area contributed by atoms with Gasteiger partial charge in [-0.05, 0) is 32.6 Å². The Morgan fingerprint density at radius 2 is 2.08 bits per heavy atom. The lowest BCUT2D eigenvalue weighted by molar-refractivity contribution is -0.126. The second-order valence-electron chi connectivity index (χ2n) is 4.18. The van der Waals surface area contributed by atoms with Gasteiger partial charge < -0.3 is 5.32 Å². The van der Waals surface area contributed by atoms with Gasteiger partial charge in [-0.2, -0.15) is 0 Å². The smallest absolute Gasteiger partial charge is 0.223 e.